The highest BCUT2D eigenvalue weighted by Crippen LogP contribution is 2.21. The van der Waals surface area contributed by atoms with Crippen molar-refractivity contribution in [3.63, 3.8) is 0 Å². The molecule has 0 aliphatic heterocycles. The molecule has 1 aromatic carbocycles. The quantitative estimate of drug-likeness (QED) is 0.848. The van der Waals surface area contributed by atoms with Gasteiger partial charge in [-0.2, -0.15) is 0 Å². The second-order valence-electron chi connectivity index (χ2n) is 5.80. The van der Waals surface area contributed by atoms with E-state index in [0.717, 1.165) is 25.2 Å². The minimum Gasteiger partial charge on any atom is -0.338 e. The van der Waals surface area contributed by atoms with E-state index >= 15 is 0 Å². The summed E-state index contributed by atoms with van der Waals surface area (Å²) >= 11 is 0. The molecule has 0 saturated carbocycles. The average Bonchev–Trinajstić information content (AvgIpc) is 2.85. The Morgan fingerprint density at radius 3 is 2.52 bits per heavy atom. The first-order valence-corrected chi connectivity index (χ1v) is 7.51. The lowest BCUT2D eigenvalue weighted by atomic mass is 9.93. The van der Waals surface area contributed by atoms with Crippen LogP contribution in [0.5, 0.6) is 0 Å². The summed E-state index contributed by atoms with van der Waals surface area (Å²) in [7, 11) is 2.02. The molecule has 1 heterocycles. The molecule has 1 unspecified atom stereocenters. The molecule has 21 heavy (non-hydrogen) atoms. The molecule has 2 aromatic rings. The fourth-order valence-electron chi connectivity index (χ4n) is 2.44. The molecular formula is C17H24FN3. The van der Waals surface area contributed by atoms with Crippen LogP contribution in [0.25, 0.3) is 0 Å². The number of nitrogens with one attached hydrogen (secondary N) is 1. The number of hydrogen-bond donors (Lipinski definition) is 1. The molecule has 0 aliphatic rings. The van der Waals surface area contributed by atoms with Crippen molar-refractivity contribution >= 4 is 0 Å². The van der Waals surface area contributed by atoms with E-state index in [4.69, 9.17) is 0 Å². The van der Waals surface area contributed by atoms with Crippen molar-refractivity contribution < 1.29 is 4.39 Å². The van der Waals surface area contributed by atoms with Crippen molar-refractivity contribution in [1.29, 1.82) is 0 Å². The van der Waals surface area contributed by atoms with Gasteiger partial charge in [0.05, 0.1) is 0 Å². The van der Waals surface area contributed by atoms with Gasteiger partial charge in [-0.15, -0.1) is 0 Å². The zero-order chi connectivity index (χ0) is 15.2. The lowest BCUT2D eigenvalue weighted by Gasteiger charge is -2.20. The summed E-state index contributed by atoms with van der Waals surface area (Å²) in [6.07, 6.45) is 5.71. The molecule has 0 saturated heterocycles. The Kier molecular flexibility index (Phi) is 5.51. The highest BCUT2D eigenvalue weighted by Gasteiger charge is 2.13. The third-order valence-corrected chi connectivity index (χ3v) is 3.75. The monoisotopic (exact) mass is 289 g/mol. The SMILES string of the molecule is CC(C)NCC(CCc1nccn1C)c1ccc(F)cc1. The van der Waals surface area contributed by atoms with E-state index in [2.05, 4.69) is 28.7 Å². The highest BCUT2D eigenvalue weighted by molar-refractivity contribution is 5.21. The van der Waals surface area contributed by atoms with Crippen LogP contribution in [0, 0.1) is 5.82 Å². The van der Waals surface area contributed by atoms with E-state index in [9.17, 15) is 4.39 Å². The summed E-state index contributed by atoms with van der Waals surface area (Å²) in [6.45, 7) is 5.18. The Morgan fingerprint density at radius 2 is 1.95 bits per heavy atom. The zero-order valence-corrected chi connectivity index (χ0v) is 13.0. The number of imidazole rings is 1. The van der Waals surface area contributed by atoms with Gasteiger partial charge in [-0.05, 0) is 30.0 Å². The lowest BCUT2D eigenvalue weighted by Crippen LogP contribution is -2.28. The van der Waals surface area contributed by atoms with Crippen molar-refractivity contribution in [2.75, 3.05) is 6.54 Å². The Hall–Kier alpha value is -1.68. The van der Waals surface area contributed by atoms with Gasteiger partial charge < -0.3 is 9.88 Å². The molecule has 0 amide bonds. The van der Waals surface area contributed by atoms with Crippen LogP contribution in [0.2, 0.25) is 0 Å². The zero-order valence-electron chi connectivity index (χ0n) is 13.0. The fourth-order valence-corrected chi connectivity index (χ4v) is 2.44. The molecule has 0 spiro atoms. The van der Waals surface area contributed by atoms with Crippen LogP contribution in [0.15, 0.2) is 36.7 Å². The summed E-state index contributed by atoms with van der Waals surface area (Å²) in [6, 6.07) is 7.30. The normalized spacial score (nSPS) is 12.8. The van der Waals surface area contributed by atoms with Gasteiger partial charge in [-0.25, -0.2) is 9.37 Å². The van der Waals surface area contributed by atoms with Gasteiger partial charge in [0.15, 0.2) is 0 Å². The van der Waals surface area contributed by atoms with E-state index < -0.39 is 0 Å². The molecule has 4 heteroatoms. The summed E-state index contributed by atoms with van der Waals surface area (Å²) in [5, 5.41) is 3.48. The molecule has 114 valence electrons. The van der Waals surface area contributed by atoms with E-state index in [1.54, 1.807) is 12.1 Å². The molecular weight excluding hydrogens is 265 g/mol. The summed E-state index contributed by atoms with van der Waals surface area (Å²) in [5.74, 6) is 1.27. The number of halogens is 1. The van der Waals surface area contributed by atoms with E-state index in [1.165, 1.54) is 5.56 Å². The average molecular weight is 289 g/mol. The van der Waals surface area contributed by atoms with Gasteiger partial charge in [0.2, 0.25) is 0 Å². The smallest absolute Gasteiger partial charge is 0.123 e. The first-order valence-electron chi connectivity index (χ1n) is 7.51. The van der Waals surface area contributed by atoms with Gasteiger partial charge in [0.25, 0.3) is 0 Å². The number of benzene rings is 1. The van der Waals surface area contributed by atoms with Crippen LogP contribution in [-0.4, -0.2) is 22.1 Å². The maximum Gasteiger partial charge on any atom is 0.123 e. The van der Waals surface area contributed by atoms with Crippen molar-refractivity contribution in [2.24, 2.45) is 7.05 Å². The number of hydrogen-bond acceptors (Lipinski definition) is 2. The molecule has 1 atom stereocenters. The fraction of sp³-hybridized carbons (Fsp3) is 0.471. The Balaban J connectivity index is 2.04. The third kappa shape index (κ3) is 4.67. The van der Waals surface area contributed by atoms with Gasteiger partial charge in [-0.1, -0.05) is 26.0 Å². The van der Waals surface area contributed by atoms with E-state index in [-0.39, 0.29) is 5.82 Å². The molecule has 0 bridgehead atoms. The first kappa shape index (κ1) is 15.7. The molecule has 0 aliphatic carbocycles. The Labute approximate surface area is 126 Å². The Morgan fingerprint density at radius 1 is 1.24 bits per heavy atom. The standard InChI is InChI=1S/C17H24FN3/c1-13(2)20-12-15(14-4-7-16(18)8-5-14)6-9-17-19-10-11-21(17)3/h4-5,7-8,10-11,13,15,20H,6,9,12H2,1-3H3. The van der Waals surface area contributed by atoms with Crippen LogP contribution >= 0.6 is 0 Å². The second kappa shape index (κ2) is 7.36. The van der Waals surface area contributed by atoms with Gasteiger partial charge in [0, 0.05) is 38.4 Å². The van der Waals surface area contributed by atoms with Crippen molar-refractivity contribution in [1.82, 2.24) is 14.9 Å². The predicted molar refractivity (Wildman–Crippen MR) is 83.8 cm³/mol. The number of aromatic nitrogens is 2. The van der Waals surface area contributed by atoms with Crippen LogP contribution in [0.1, 0.15) is 37.6 Å². The first-order chi connectivity index (χ1) is 10.1. The van der Waals surface area contributed by atoms with Gasteiger partial charge >= 0.3 is 0 Å². The molecule has 0 radical (unpaired) electrons. The number of rotatable bonds is 7. The minimum atomic E-state index is -0.182. The Bertz CT molecular complexity index is 545. The summed E-state index contributed by atoms with van der Waals surface area (Å²) in [5.41, 5.74) is 1.18. The largest absolute Gasteiger partial charge is 0.338 e. The summed E-state index contributed by atoms with van der Waals surface area (Å²) in [4.78, 5) is 4.37. The molecule has 3 nitrogen and oxygen atoms in total. The van der Waals surface area contributed by atoms with Crippen LogP contribution in [0.3, 0.4) is 0 Å². The third-order valence-electron chi connectivity index (χ3n) is 3.75. The molecule has 0 fully saturated rings. The van der Waals surface area contributed by atoms with Gasteiger partial charge in [0.1, 0.15) is 11.6 Å². The van der Waals surface area contributed by atoms with Crippen molar-refractivity contribution in [3.05, 3.63) is 53.9 Å². The maximum absolute atomic E-state index is 13.1. The maximum atomic E-state index is 13.1. The lowest BCUT2D eigenvalue weighted by molar-refractivity contribution is 0.502. The van der Waals surface area contributed by atoms with Gasteiger partial charge in [-0.3, -0.25) is 0 Å². The van der Waals surface area contributed by atoms with Crippen molar-refractivity contribution in [3.8, 4) is 0 Å². The highest BCUT2D eigenvalue weighted by atomic mass is 19.1. The number of aryl methyl sites for hydroxylation is 2. The van der Waals surface area contributed by atoms with Crippen molar-refractivity contribution in [2.45, 2.75) is 38.6 Å². The second-order valence-corrected chi connectivity index (χ2v) is 5.80. The summed E-state index contributed by atoms with van der Waals surface area (Å²) < 4.78 is 15.2. The topological polar surface area (TPSA) is 29.9 Å². The van der Waals surface area contributed by atoms with E-state index in [1.807, 2.05) is 31.6 Å². The minimum absolute atomic E-state index is 0.182. The molecule has 2 rings (SSSR count). The van der Waals surface area contributed by atoms with Crippen LogP contribution < -0.4 is 5.32 Å². The molecule has 1 aromatic heterocycles. The molecule has 1 N–H and O–H groups in total. The number of nitrogens with zero attached hydrogens (tertiary/aromatic N) is 2. The van der Waals surface area contributed by atoms with Crippen LogP contribution in [-0.2, 0) is 13.5 Å². The van der Waals surface area contributed by atoms with Crippen LogP contribution in [0.4, 0.5) is 4.39 Å². The van der Waals surface area contributed by atoms with E-state index in [0.29, 0.717) is 12.0 Å². The predicted octanol–water partition coefficient (Wildman–Crippen LogP) is 3.27.